The van der Waals surface area contributed by atoms with Crippen molar-refractivity contribution >= 4 is 17.7 Å². The first-order valence-corrected chi connectivity index (χ1v) is 6.19. The molecule has 1 aromatic carbocycles. The van der Waals surface area contributed by atoms with Crippen molar-refractivity contribution < 1.29 is 14.6 Å². The van der Waals surface area contributed by atoms with Crippen LogP contribution in [0.3, 0.4) is 0 Å². The number of benzene rings is 1. The lowest BCUT2D eigenvalue weighted by atomic mass is 10.1. The molecule has 1 unspecified atom stereocenters. The number of nitrogens with one attached hydrogen (secondary N) is 1. The van der Waals surface area contributed by atoms with Gasteiger partial charge in [-0.25, -0.2) is 4.79 Å². The minimum atomic E-state index is -0.948. The van der Waals surface area contributed by atoms with E-state index in [1.807, 2.05) is 13.8 Å². The Bertz CT molecular complexity index is 409. The summed E-state index contributed by atoms with van der Waals surface area (Å²) in [5, 5.41) is 13.1. The number of alkyl carbamates (subject to hydrolysis) is 1. The molecule has 0 spiro atoms. The zero-order chi connectivity index (χ0) is 13.7. The summed E-state index contributed by atoms with van der Waals surface area (Å²) < 4.78 is 5.07. The first-order valence-electron chi connectivity index (χ1n) is 5.81. The van der Waals surface area contributed by atoms with Gasteiger partial charge < -0.3 is 15.2 Å². The number of carbonyl (C=O) groups is 1. The third kappa shape index (κ3) is 4.20. The Hall–Kier alpha value is -1.26. The van der Waals surface area contributed by atoms with Crippen molar-refractivity contribution in [1.29, 1.82) is 0 Å². The first kappa shape index (κ1) is 14.8. The Kier molecular flexibility index (Phi) is 5.44. The summed E-state index contributed by atoms with van der Waals surface area (Å²) in [6, 6.07) is 6.91. The summed E-state index contributed by atoms with van der Waals surface area (Å²) in [6.07, 6.45) is -2.18. The Labute approximate surface area is 112 Å². The van der Waals surface area contributed by atoms with E-state index in [9.17, 15) is 9.90 Å². The van der Waals surface area contributed by atoms with Crippen LogP contribution in [0.4, 0.5) is 4.79 Å². The SMILES string of the molecule is CC(C)NC(=O)OC(C)[C@H](O)c1ccccc1Cl. The van der Waals surface area contributed by atoms with E-state index < -0.39 is 18.3 Å². The summed E-state index contributed by atoms with van der Waals surface area (Å²) in [4.78, 5) is 11.4. The van der Waals surface area contributed by atoms with Crippen LogP contribution < -0.4 is 5.32 Å². The van der Waals surface area contributed by atoms with Crippen LogP contribution in [-0.2, 0) is 4.74 Å². The summed E-state index contributed by atoms with van der Waals surface area (Å²) in [5.74, 6) is 0. The number of hydrogen-bond acceptors (Lipinski definition) is 3. The molecule has 2 N–H and O–H groups in total. The van der Waals surface area contributed by atoms with Crippen LogP contribution in [0.25, 0.3) is 0 Å². The van der Waals surface area contributed by atoms with Gasteiger partial charge in [-0.3, -0.25) is 0 Å². The maximum Gasteiger partial charge on any atom is 0.407 e. The molecule has 1 aromatic rings. The zero-order valence-electron chi connectivity index (χ0n) is 10.7. The molecule has 0 aliphatic heterocycles. The normalized spacial score (nSPS) is 14.1. The minimum Gasteiger partial charge on any atom is -0.443 e. The van der Waals surface area contributed by atoms with E-state index in [0.29, 0.717) is 10.6 Å². The van der Waals surface area contributed by atoms with Crippen LogP contribution in [0.15, 0.2) is 24.3 Å². The van der Waals surface area contributed by atoms with Crippen LogP contribution >= 0.6 is 11.6 Å². The third-order valence-corrected chi connectivity index (χ3v) is 2.71. The number of amides is 1. The number of aliphatic hydroxyl groups is 1. The van der Waals surface area contributed by atoms with Gasteiger partial charge >= 0.3 is 6.09 Å². The van der Waals surface area contributed by atoms with Gasteiger partial charge in [0, 0.05) is 16.6 Å². The highest BCUT2D eigenvalue weighted by molar-refractivity contribution is 6.31. The standard InChI is InChI=1S/C13H18ClNO3/c1-8(2)15-13(17)18-9(3)12(16)10-6-4-5-7-11(10)14/h4-9,12,16H,1-3H3,(H,15,17)/t9?,12-/m0/s1. The van der Waals surface area contributed by atoms with E-state index in [0.717, 1.165) is 0 Å². The zero-order valence-corrected chi connectivity index (χ0v) is 11.4. The molecule has 0 aliphatic carbocycles. The fourth-order valence-electron chi connectivity index (χ4n) is 1.47. The minimum absolute atomic E-state index is 0.0119. The van der Waals surface area contributed by atoms with Gasteiger partial charge in [0.15, 0.2) is 0 Å². The molecule has 1 rings (SSSR count). The highest BCUT2D eigenvalue weighted by atomic mass is 35.5. The number of ether oxygens (including phenoxy) is 1. The smallest absolute Gasteiger partial charge is 0.407 e. The van der Waals surface area contributed by atoms with Gasteiger partial charge in [-0.15, -0.1) is 0 Å². The fraction of sp³-hybridized carbons (Fsp3) is 0.462. The predicted molar refractivity (Wildman–Crippen MR) is 70.6 cm³/mol. The molecular weight excluding hydrogens is 254 g/mol. The molecule has 0 saturated heterocycles. The van der Waals surface area contributed by atoms with Gasteiger partial charge in [0.05, 0.1) is 0 Å². The predicted octanol–water partition coefficient (Wildman–Crippen LogP) is 2.90. The highest BCUT2D eigenvalue weighted by Gasteiger charge is 2.22. The monoisotopic (exact) mass is 271 g/mol. The Morgan fingerprint density at radius 2 is 1.94 bits per heavy atom. The fourth-order valence-corrected chi connectivity index (χ4v) is 1.72. The molecular formula is C13H18ClNO3. The van der Waals surface area contributed by atoms with Gasteiger partial charge in [0.2, 0.25) is 0 Å². The number of aliphatic hydroxyl groups excluding tert-OH is 1. The molecule has 1 amide bonds. The van der Waals surface area contributed by atoms with Gasteiger partial charge in [0.25, 0.3) is 0 Å². The second-order valence-electron chi connectivity index (χ2n) is 4.38. The number of rotatable bonds is 4. The lowest BCUT2D eigenvalue weighted by Gasteiger charge is -2.21. The summed E-state index contributed by atoms with van der Waals surface area (Å²) in [6.45, 7) is 5.28. The summed E-state index contributed by atoms with van der Waals surface area (Å²) in [7, 11) is 0. The summed E-state index contributed by atoms with van der Waals surface area (Å²) >= 11 is 5.97. The lowest BCUT2D eigenvalue weighted by molar-refractivity contribution is 0.0112. The van der Waals surface area contributed by atoms with E-state index in [4.69, 9.17) is 16.3 Å². The molecule has 5 heteroatoms. The highest BCUT2D eigenvalue weighted by Crippen LogP contribution is 2.26. The van der Waals surface area contributed by atoms with Gasteiger partial charge in [-0.2, -0.15) is 0 Å². The first-order chi connectivity index (χ1) is 8.41. The second kappa shape index (κ2) is 6.61. The number of halogens is 1. The van der Waals surface area contributed by atoms with Crippen LogP contribution in [0, 0.1) is 0 Å². The van der Waals surface area contributed by atoms with E-state index in [-0.39, 0.29) is 6.04 Å². The third-order valence-electron chi connectivity index (χ3n) is 2.37. The van der Waals surface area contributed by atoms with Crippen molar-refractivity contribution in [3.8, 4) is 0 Å². The van der Waals surface area contributed by atoms with Gasteiger partial charge in [-0.05, 0) is 26.8 Å². The number of carbonyl (C=O) groups excluding carboxylic acids is 1. The van der Waals surface area contributed by atoms with E-state index >= 15 is 0 Å². The van der Waals surface area contributed by atoms with Crippen LogP contribution in [-0.4, -0.2) is 23.3 Å². The quantitative estimate of drug-likeness (QED) is 0.885. The lowest BCUT2D eigenvalue weighted by Crippen LogP contribution is -2.34. The van der Waals surface area contributed by atoms with E-state index in [1.54, 1.807) is 31.2 Å². The van der Waals surface area contributed by atoms with Crippen molar-refractivity contribution in [1.82, 2.24) is 5.32 Å². The molecule has 0 radical (unpaired) electrons. The second-order valence-corrected chi connectivity index (χ2v) is 4.78. The number of hydrogen-bond donors (Lipinski definition) is 2. The Balaban J connectivity index is 2.64. The molecule has 0 bridgehead atoms. The van der Waals surface area contributed by atoms with E-state index in [2.05, 4.69) is 5.32 Å². The van der Waals surface area contributed by atoms with Crippen LogP contribution in [0.2, 0.25) is 5.02 Å². The molecule has 0 heterocycles. The molecule has 0 saturated carbocycles. The average molecular weight is 272 g/mol. The van der Waals surface area contributed by atoms with Crippen LogP contribution in [0.1, 0.15) is 32.4 Å². The summed E-state index contributed by atoms with van der Waals surface area (Å²) in [5.41, 5.74) is 0.545. The van der Waals surface area contributed by atoms with E-state index in [1.165, 1.54) is 0 Å². The maximum absolute atomic E-state index is 11.4. The molecule has 18 heavy (non-hydrogen) atoms. The van der Waals surface area contributed by atoms with Gasteiger partial charge in [-0.1, -0.05) is 29.8 Å². The molecule has 0 fully saturated rings. The van der Waals surface area contributed by atoms with Crippen molar-refractivity contribution in [2.75, 3.05) is 0 Å². The molecule has 0 aliphatic rings. The van der Waals surface area contributed by atoms with Crippen molar-refractivity contribution in [3.05, 3.63) is 34.9 Å². The largest absolute Gasteiger partial charge is 0.443 e. The van der Waals surface area contributed by atoms with Crippen LogP contribution in [0.5, 0.6) is 0 Å². The van der Waals surface area contributed by atoms with Crippen molar-refractivity contribution in [2.45, 2.75) is 39.0 Å². The molecule has 100 valence electrons. The molecule has 4 nitrogen and oxygen atoms in total. The maximum atomic E-state index is 11.4. The van der Waals surface area contributed by atoms with Crippen molar-refractivity contribution in [2.24, 2.45) is 0 Å². The average Bonchev–Trinajstić information content (AvgIpc) is 2.27. The Morgan fingerprint density at radius 3 is 2.50 bits per heavy atom. The Morgan fingerprint density at radius 1 is 1.33 bits per heavy atom. The van der Waals surface area contributed by atoms with Crippen molar-refractivity contribution in [3.63, 3.8) is 0 Å². The topological polar surface area (TPSA) is 58.6 Å². The molecule has 2 atom stereocenters. The van der Waals surface area contributed by atoms with Gasteiger partial charge in [0.1, 0.15) is 12.2 Å². The molecule has 0 aromatic heterocycles.